The van der Waals surface area contributed by atoms with Crippen LogP contribution in [-0.4, -0.2) is 14.3 Å². The highest BCUT2D eigenvalue weighted by molar-refractivity contribution is 7.92. The predicted octanol–water partition coefficient (Wildman–Crippen LogP) is 5.25. The molecule has 0 aliphatic carbocycles. The number of nitrogens with one attached hydrogen (secondary N) is 2. The van der Waals surface area contributed by atoms with E-state index in [2.05, 4.69) is 10.0 Å². The fourth-order valence-corrected chi connectivity index (χ4v) is 4.27. The molecule has 0 aliphatic heterocycles. The number of hydrogen-bond acceptors (Lipinski definition) is 4. The Morgan fingerprint density at radius 1 is 0.900 bits per heavy atom. The lowest BCUT2D eigenvalue weighted by molar-refractivity contribution is 0.102. The van der Waals surface area contributed by atoms with Crippen LogP contribution < -0.4 is 15.8 Å². The highest BCUT2D eigenvalue weighted by Crippen LogP contribution is 2.31. The number of sulfonamides is 1. The Labute approximate surface area is 185 Å². The van der Waals surface area contributed by atoms with E-state index in [1.54, 1.807) is 37.3 Å². The first-order valence-corrected chi connectivity index (χ1v) is 11.1. The molecule has 0 aromatic heterocycles. The summed E-state index contributed by atoms with van der Waals surface area (Å²) in [6, 6.07) is 14.2. The summed E-state index contributed by atoms with van der Waals surface area (Å²) >= 11 is 12.0. The molecule has 156 valence electrons. The van der Waals surface area contributed by atoms with Crippen molar-refractivity contribution in [2.24, 2.45) is 0 Å². The highest BCUT2D eigenvalue weighted by Gasteiger charge is 2.19. The molecule has 6 nitrogen and oxygen atoms in total. The van der Waals surface area contributed by atoms with Gasteiger partial charge in [-0.3, -0.25) is 9.52 Å². The van der Waals surface area contributed by atoms with E-state index >= 15 is 0 Å². The van der Waals surface area contributed by atoms with E-state index < -0.39 is 15.9 Å². The molecule has 3 rings (SSSR count). The molecule has 9 heteroatoms. The summed E-state index contributed by atoms with van der Waals surface area (Å²) in [7, 11) is -3.88. The van der Waals surface area contributed by atoms with Crippen molar-refractivity contribution in [3.63, 3.8) is 0 Å². The normalized spacial score (nSPS) is 11.2. The van der Waals surface area contributed by atoms with Gasteiger partial charge in [-0.1, -0.05) is 47.0 Å². The van der Waals surface area contributed by atoms with Gasteiger partial charge in [-0.2, -0.15) is 0 Å². The molecule has 0 saturated carbocycles. The van der Waals surface area contributed by atoms with Crippen LogP contribution in [-0.2, 0) is 10.0 Å². The van der Waals surface area contributed by atoms with Gasteiger partial charge < -0.3 is 11.1 Å². The molecule has 3 aromatic rings. The average Bonchev–Trinajstić information content (AvgIpc) is 2.67. The van der Waals surface area contributed by atoms with Crippen LogP contribution in [0.3, 0.4) is 0 Å². The Hall–Kier alpha value is -2.74. The van der Waals surface area contributed by atoms with Gasteiger partial charge in [0.15, 0.2) is 0 Å². The van der Waals surface area contributed by atoms with Crippen molar-refractivity contribution < 1.29 is 13.2 Å². The number of carbonyl (C=O) groups is 1. The van der Waals surface area contributed by atoms with E-state index in [0.29, 0.717) is 16.9 Å². The van der Waals surface area contributed by atoms with Crippen molar-refractivity contribution in [1.29, 1.82) is 0 Å². The molecule has 0 spiro atoms. The number of nitrogens with two attached hydrogens (primary N) is 1. The molecule has 1 amide bonds. The SMILES string of the molecule is Cc1ccc(NS(=O)(=O)c2ccc(C)c(C(=O)Nc3cc(Cl)c(N)c(Cl)c3)c2)cc1. The maximum Gasteiger partial charge on any atom is 0.261 e. The van der Waals surface area contributed by atoms with Crippen LogP contribution in [0.1, 0.15) is 21.5 Å². The average molecular weight is 464 g/mol. The molecule has 3 aromatic carbocycles. The summed E-state index contributed by atoms with van der Waals surface area (Å²) in [5.74, 6) is -0.503. The number of aryl methyl sites for hydroxylation is 2. The number of rotatable bonds is 5. The van der Waals surface area contributed by atoms with Gasteiger partial charge in [-0.05, 0) is 55.8 Å². The predicted molar refractivity (Wildman–Crippen MR) is 122 cm³/mol. The highest BCUT2D eigenvalue weighted by atomic mass is 35.5. The number of nitrogen functional groups attached to an aromatic ring is 1. The second kappa shape index (κ2) is 8.55. The summed E-state index contributed by atoms with van der Waals surface area (Å²) < 4.78 is 28.0. The van der Waals surface area contributed by atoms with Crippen LogP contribution in [0.4, 0.5) is 17.1 Å². The fourth-order valence-electron chi connectivity index (χ4n) is 2.70. The molecule has 0 unspecified atom stereocenters. The molecule has 0 radical (unpaired) electrons. The van der Waals surface area contributed by atoms with Crippen LogP contribution >= 0.6 is 23.2 Å². The summed E-state index contributed by atoms with van der Waals surface area (Å²) in [6.07, 6.45) is 0. The second-order valence-corrected chi connectivity index (χ2v) is 9.25. The zero-order chi connectivity index (χ0) is 22.1. The van der Waals surface area contributed by atoms with Crippen molar-refractivity contribution in [3.05, 3.63) is 81.3 Å². The van der Waals surface area contributed by atoms with Gasteiger partial charge in [0, 0.05) is 16.9 Å². The number of anilines is 3. The monoisotopic (exact) mass is 463 g/mol. The Morgan fingerprint density at radius 2 is 1.50 bits per heavy atom. The van der Waals surface area contributed by atoms with Crippen LogP contribution in [0.15, 0.2) is 59.5 Å². The van der Waals surface area contributed by atoms with Crippen molar-refractivity contribution in [2.45, 2.75) is 18.7 Å². The number of benzene rings is 3. The number of halogens is 2. The van der Waals surface area contributed by atoms with Crippen molar-refractivity contribution in [2.75, 3.05) is 15.8 Å². The largest absolute Gasteiger partial charge is 0.396 e. The molecular formula is C21H19Cl2N3O3S. The van der Waals surface area contributed by atoms with E-state index in [9.17, 15) is 13.2 Å². The second-order valence-electron chi connectivity index (χ2n) is 6.76. The molecule has 0 fully saturated rings. The minimum Gasteiger partial charge on any atom is -0.396 e. The zero-order valence-corrected chi connectivity index (χ0v) is 18.5. The Balaban J connectivity index is 1.89. The van der Waals surface area contributed by atoms with Crippen molar-refractivity contribution in [3.8, 4) is 0 Å². The van der Waals surface area contributed by atoms with E-state index in [1.165, 1.54) is 24.3 Å². The third kappa shape index (κ3) is 4.87. The molecule has 4 N–H and O–H groups in total. The van der Waals surface area contributed by atoms with Crippen LogP contribution in [0.5, 0.6) is 0 Å². The minimum absolute atomic E-state index is 0.0350. The first-order valence-electron chi connectivity index (χ1n) is 8.83. The molecular weight excluding hydrogens is 445 g/mol. The van der Waals surface area contributed by atoms with Crippen LogP contribution in [0, 0.1) is 13.8 Å². The van der Waals surface area contributed by atoms with Gasteiger partial charge in [0.2, 0.25) is 0 Å². The van der Waals surface area contributed by atoms with E-state index in [-0.39, 0.29) is 26.2 Å². The Bertz CT molecular complexity index is 1200. The van der Waals surface area contributed by atoms with Crippen molar-refractivity contribution >= 4 is 56.2 Å². The Kier molecular flexibility index (Phi) is 6.26. The summed E-state index contributed by atoms with van der Waals surface area (Å²) in [4.78, 5) is 12.7. The quantitative estimate of drug-likeness (QED) is 0.449. The third-order valence-electron chi connectivity index (χ3n) is 4.40. The zero-order valence-electron chi connectivity index (χ0n) is 16.2. The molecule has 30 heavy (non-hydrogen) atoms. The number of carbonyl (C=O) groups excluding carboxylic acids is 1. The standard InChI is InChI=1S/C21H19Cl2N3O3S/c1-12-3-6-14(7-4-12)26-30(28,29)16-8-5-13(2)17(11-16)21(27)25-15-9-18(22)20(24)19(23)10-15/h3-11,26H,24H2,1-2H3,(H,25,27). The molecule has 0 atom stereocenters. The van der Waals surface area contributed by atoms with Gasteiger partial charge in [0.1, 0.15) is 0 Å². The minimum atomic E-state index is -3.88. The summed E-state index contributed by atoms with van der Waals surface area (Å²) in [5, 5.41) is 3.07. The third-order valence-corrected chi connectivity index (χ3v) is 6.41. The molecule has 0 aliphatic rings. The maximum absolute atomic E-state index is 12.8. The summed E-state index contributed by atoms with van der Waals surface area (Å²) in [6.45, 7) is 3.62. The first-order chi connectivity index (χ1) is 14.1. The van der Waals surface area contributed by atoms with Crippen molar-refractivity contribution in [1.82, 2.24) is 0 Å². The summed E-state index contributed by atoms with van der Waals surface area (Å²) in [5.41, 5.74) is 8.50. The lowest BCUT2D eigenvalue weighted by Crippen LogP contribution is -2.17. The van der Waals surface area contributed by atoms with Gasteiger partial charge in [-0.25, -0.2) is 8.42 Å². The van der Waals surface area contributed by atoms with E-state index in [4.69, 9.17) is 28.9 Å². The molecule has 0 saturated heterocycles. The topological polar surface area (TPSA) is 101 Å². The van der Waals surface area contributed by atoms with E-state index in [0.717, 1.165) is 5.56 Å². The number of amides is 1. The maximum atomic E-state index is 12.8. The first kappa shape index (κ1) is 22.0. The van der Waals surface area contributed by atoms with Gasteiger partial charge in [0.05, 0.1) is 20.6 Å². The fraction of sp³-hybridized carbons (Fsp3) is 0.0952. The number of hydrogen-bond donors (Lipinski definition) is 3. The van der Waals surface area contributed by atoms with Gasteiger partial charge in [-0.15, -0.1) is 0 Å². The van der Waals surface area contributed by atoms with Crippen LogP contribution in [0.2, 0.25) is 10.0 Å². The van der Waals surface area contributed by atoms with Gasteiger partial charge >= 0.3 is 0 Å². The smallest absolute Gasteiger partial charge is 0.261 e. The molecule has 0 bridgehead atoms. The van der Waals surface area contributed by atoms with Crippen LogP contribution in [0.25, 0.3) is 0 Å². The van der Waals surface area contributed by atoms with Gasteiger partial charge in [0.25, 0.3) is 15.9 Å². The lowest BCUT2D eigenvalue weighted by Gasteiger charge is -2.13. The Morgan fingerprint density at radius 3 is 2.10 bits per heavy atom. The molecule has 0 heterocycles. The van der Waals surface area contributed by atoms with E-state index in [1.807, 2.05) is 6.92 Å². The lowest BCUT2D eigenvalue weighted by atomic mass is 10.1.